The quantitative estimate of drug-likeness (QED) is 0.527. The molecule has 1 unspecified atom stereocenters. The van der Waals surface area contributed by atoms with E-state index in [4.69, 9.17) is 0 Å². The first kappa shape index (κ1) is 24.5. The van der Waals surface area contributed by atoms with Gasteiger partial charge in [-0.1, -0.05) is 54.1 Å². The van der Waals surface area contributed by atoms with Gasteiger partial charge in [0.25, 0.3) is 11.8 Å². The highest BCUT2D eigenvalue weighted by atomic mass is 16.2. The lowest BCUT2D eigenvalue weighted by Crippen LogP contribution is -2.49. The first-order valence-electron chi connectivity index (χ1n) is 12.5. The molecule has 1 atom stereocenters. The van der Waals surface area contributed by atoms with Crippen molar-refractivity contribution in [3.63, 3.8) is 0 Å². The van der Waals surface area contributed by atoms with E-state index in [0.29, 0.717) is 37.1 Å². The normalized spacial score (nSPS) is 20.3. The van der Waals surface area contributed by atoms with Gasteiger partial charge in [0.15, 0.2) is 0 Å². The van der Waals surface area contributed by atoms with Gasteiger partial charge in [0.05, 0.1) is 0 Å². The predicted molar refractivity (Wildman–Crippen MR) is 140 cm³/mol. The van der Waals surface area contributed by atoms with Crippen molar-refractivity contribution >= 4 is 34.5 Å². The Hall–Kier alpha value is -4.20. The number of benzene rings is 3. The molecule has 2 heterocycles. The Bertz CT molecular complexity index is 1380. The Labute approximate surface area is 215 Å². The van der Waals surface area contributed by atoms with E-state index in [1.165, 1.54) is 0 Å². The summed E-state index contributed by atoms with van der Waals surface area (Å²) in [6.07, 6.45) is 1.22. The number of nitrogens with one attached hydrogen (secondary N) is 2. The monoisotopic (exact) mass is 498 g/mol. The lowest BCUT2D eigenvalue weighted by Gasteiger charge is -2.32. The van der Waals surface area contributed by atoms with Crippen molar-refractivity contribution in [3.05, 3.63) is 83.4 Å². The highest BCUT2D eigenvalue weighted by Gasteiger charge is 2.49. The number of urea groups is 1. The van der Waals surface area contributed by atoms with Crippen LogP contribution in [0.15, 0.2) is 66.7 Å². The minimum absolute atomic E-state index is 0.0166. The van der Waals surface area contributed by atoms with Gasteiger partial charge in [0, 0.05) is 24.7 Å². The summed E-state index contributed by atoms with van der Waals surface area (Å²) in [5.41, 5.74) is 1.17. The van der Waals surface area contributed by atoms with Crippen LogP contribution < -0.4 is 10.6 Å². The number of likely N-dealkylation sites (tertiary alicyclic amines) is 1. The van der Waals surface area contributed by atoms with E-state index in [9.17, 15) is 19.2 Å². The van der Waals surface area contributed by atoms with E-state index in [0.717, 1.165) is 21.2 Å². The summed E-state index contributed by atoms with van der Waals surface area (Å²) >= 11 is 0. The summed E-state index contributed by atoms with van der Waals surface area (Å²) in [5.74, 6) is -0.867. The highest BCUT2D eigenvalue weighted by molar-refractivity contribution is 6.09. The summed E-state index contributed by atoms with van der Waals surface area (Å²) in [6, 6.07) is 20.2. The van der Waals surface area contributed by atoms with Gasteiger partial charge in [-0.3, -0.25) is 19.3 Å². The molecular weight excluding hydrogens is 468 g/mol. The molecule has 0 radical (unpaired) electrons. The number of imide groups is 1. The Morgan fingerprint density at radius 3 is 2.35 bits per heavy atom. The summed E-state index contributed by atoms with van der Waals surface area (Å²) in [5, 5.41) is 7.71. The molecule has 0 aliphatic carbocycles. The van der Waals surface area contributed by atoms with Gasteiger partial charge >= 0.3 is 6.03 Å². The Kier molecular flexibility index (Phi) is 6.41. The van der Waals surface area contributed by atoms with Crippen LogP contribution in [0.4, 0.5) is 4.79 Å². The van der Waals surface area contributed by atoms with Gasteiger partial charge in [0.2, 0.25) is 5.91 Å². The fourth-order valence-corrected chi connectivity index (χ4v) is 5.06. The number of hydrogen-bond acceptors (Lipinski definition) is 4. The van der Waals surface area contributed by atoms with Crippen LogP contribution in [-0.2, 0) is 15.1 Å². The number of rotatable bonds is 5. The number of carbonyl (C=O) groups is 4. The predicted octanol–water partition coefficient (Wildman–Crippen LogP) is 3.34. The zero-order valence-corrected chi connectivity index (χ0v) is 21.0. The lowest BCUT2D eigenvalue weighted by molar-refractivity contribution is -0.135. The number of fused-ring (bicyclic) bond motifs is 1. The molecule has 0 bridgehead atoms. The van der Waals surface area contributed by atoms with E-state index >= 15 is 0 Å². The van der Waals surface area contributed by atoms with Crippen molar-refractivity contribution < 1.29 is 19.2 Å². The molecule has 2 saturated heterocycles. The van der Waals surface area contributed by atoms with Crippen molar-refractivity contribution in [1.82, 2.24) is 20.4 Å². The van der Waals surface area contributed by atoms with Gasteiger partial charge < -0.3 is 15.5 Å². The van der Waals surface area contributed by atoms with Gasteiger partial charge in [-0.05, 0) is 61.2 Å². The van der Waals surface area contributed by atoms with Crippen LogP contribution >= 0.6 is 0 Å². The van der Waals surface area contributed by atoms with Crippen LogP contribution in [0.1, 0.15) is 41.3 Å². The summed E-state index contributed by atoms with van der Waals surface area (Å²) in [7, 11) is 0. The second kappa shape index (κ2) is 9.69. The van der Waals surface area contributed by atoms with Crippen molar-refractivity contribution in [2.45, 2.75) is 38.3 Å². The third-order valence-electron chi connectivity index (χ3n) is 7.35. The van der Waals surface area contributed by atoms with Crippen LogP contribution in [0.5, 0.6) is 0 Å². The first-order chi connectivity index (χ1) is 17.7. The van der Waals surface area contributed by atoms with Crippen LogP contribution in [0.2, 0.25) is 0 Å². The number of nitrogens with zero attached hydrogens (tertiary/aromatic N) is 2. The smallest absolute Gasteiger partial charge is 0.325 e. The molecule has 8 nitrogen and oxygen atoms in total. The zero-order chi connectivity index (χ0) is 26.2. The molecule has 0 spiro atoms. The second-order valence-electron chi connectivity index (χ2n) is 10.0. The molecule has 0 saturated carbocycles. The molecule has 2 fully saturated rings. The molecule has 5 rings (SSSR count). The average Bonchev–Trinajstić information content (AvgIpc) is 3.12. The van der Waals surface area contributed by atoms with E-state index in [2.05, 4.69) is 10.6 Å². The maximum atomic E-state index is 13.3. The molecule has 37 heavy (non-hydrogen) atoms. The Balaban J connectivity index is 1.18. The fourth-order valence-electron chi connectivity index (χ4n) is 5.06. The number of piperidine rings is 1. The van der Waals surface area contributed by atoms with Crippen molar-refractivity contribution in [3.8, 4) is 0 Å². The molecule has 0 aromatic heterocycles. The van der Waals surface area contributed by atoms with E-state index in [1.54, 1.807) is 11.8 Å². The summed E-state index contributed by atoms with van der Waals surface area (Å²) < 4.78 is 0. The SMILES string of the molecule is Cc1ccc(C(=O)N2CCC(NC(=O)CN3C(=O)NC(C)(c4ccc5ccccc5c4)C3=O)CC2)cc1. The van der Waals surface area contributed by atoms with Crippen molar-refractivity contribution in [2.75, 3.05) is 19.6 Å². The van der Waals surface area contributed by atoms with Gasteiger partial charge in [-0.25, -0.2) is 4.79 Å². The van der Waals surface area contributed by atoms with Gasteiger partial charge in [0.1, 0.15) is 12.1 Å². The summed E-state index contributed by atoms with van der Waals surface area (Å²) in [6.45, 7) is 4.35. The third-order valence-corrected chi connectivity index (χ3v) is 7.35. The third kappa shape index (κ3) is 4.79. The fraction of sp³-hybridized carbons (Fsp3) is 0.310. The standard InChI is InChI=1S/C29H30N4O4/c1-19-7-9-21(10-8-19)26(35)32-15-13-24(14-16-32)30-25(34)18-33-27(36)29(2,31-28(33)37)23-12-11-20-5-3-4-6-22(20)17-23/h3-12,17,24H,13-16,18H2,1-2H3,(H,30,34)(H,31,37). The number of hydrogen-bond donors (Lipinski definition) is 2. The first-order valence-corrected chi connectivity index (χ1v) is 12.5. The second-order valence-corrected chi connectivity index (χ2v) is 10.0. The van der Waals surface area contributed by atoms with Crippen LogP contribution in [0.3, 0.4) is 0 Å². The minimum atomic E-state index is -1.25. The van der Waals surface area contributed by atoms with Gasteiger partial charge in [-0.2, -0.15) is 0 Å². The minimum Gasteiger partial charge on any atom is -0.352 e. The number of amides is 5. The van der Waals surface area contributed by atoms with Crippen molar-refractivity contribution in [1.29, 1.82) is 0 Å². The van der Waals surface area contributed by atoms with Crippen LogP contribution in [0, 0.1) is 6.92 Å². The number of aryl methyl sites for hydroxylation is 1. The highest BCUT2D eigenvalue weighted by Crippen LogP contribution is 2.31. The Morgan fingerprint density at radius 1 is 0.973 bits per heavy atom. The molecule has 3 aromatic carbocycles. The largest absolute Gasteiger partial charge is 0.352 e. The lowest BCUT2D eigenvalue weighted by atomic mass is 9.90. The van der Waals surface area contributed by atoms with Crippen molar-refractivity contribution in [2.24, 2.45) is 0 Å². The molecule has 3 aromatic rings. The maximum absolute atomic E-state index is 13.3. The molecule has 5 amide bonds. The maximum Gasteiger partial charge on any atom is 0.325 e. The topological polar surface area (TPSA) is 98.8 Å². The summed E-state index contributed by atoms with van der Waals surface area (Å²) in [4.78, 5) is 54.3. The van der Waals surface area contributed by atoms with Gasteiger partial charge in [-0.15, -0.1) is 0 Å². The average molecular weight is 499 g/mol. The van der Waals surface area contributed by atoms with E-state index in [-0.39, 0.29) is 18.5 Å². The molecule has 2 N–H and O–H groups in total. The zero-order valence-electron chi connectivity index (χ0n) is 21.0. The Morgan fingerprint density at radius 2 is 1.65 bits per heavy atom. The number of carbonyl (C=O) groups excluding carboxylic acids is 4. The van der Waals surface area contributed by atoms with Crippen LogP contribution in [-0.4, -0.2) is 59.2 Å². The molecule has 2 aliphatic heterocycles. The molecule has 8 heteroatoms. The van der Waals surface area contributed by atoms with E-state index < -0.39 is 23.4 Å². The van der Waals surface area contributed by atoms with E-state index in [1.807, 2.05) is 73.7 Å². The molecule has 190 valence electrons. The van der Waals surface area contributed by atoms with Crippen LogP contribution in [0.25, 0.3) is 10.8 Å². The molecule has 2 aliphatic rings. The molecular formula is C29H30N4O4.